The van der Waals surface area contributed by atoms with E-state index in [1.165, 1.54) is 0 Å². The van der Waals surface area contributed by atoms with Crippen LogP contribution in [-0.4, -0.2) is 11.8 Å². The van der Waals surface area contributed by atoms with Gasteiger partial charge in [0.15, 0.2) is 5.78 Å². The molecule has 128 valence electrons. The lowest BCUT2D eigenvalue weighted by atomic mass is 9.74. The number of carbonyl (C=O) groups excluding carboxylic acids is 1. The van der Waals surface area contributed by atoms with E-state index in [1.54, 1.807) is 6.07 Å². The van der Waals surface area contributed by atoms with Crippen LogP contribution in [-0.2, 0) is 0 Å². The summed E-state index contributed by atoms with van der Waals surface area (Å²) in [4.78, 5) is 13.1. The van der Waals surface area contributed by atoms with Gasteiger partial charge < -0.3 is 5.32 Å². The topological polar surface area (TPSA) is 29.1 Å². The quantitative estimate of drug-likeness (QED) is 0.569. The molecule has 3 atom stereocenters. The third-order valence-corrected chi connectivity index (χ3v) is 5.70. The van der Waals surface area contributed by atoms with E-state index in [9.17, 15) is 4.79 Å². The van der Waals surface area contributed by atoms with Gasteiger partial charge in [-0.3, -0.25) is 4.79 Å². The SMILES string of the molecule is CC(C)[C@H]1Nc2c(C(=O)c3ccccc3)cc(Cl)cc2[C@@H]2C=CC[C@H]12. The monoisotopic (exact) mass is 351 g/mol. The average molecular weight is 352 g/mol. The van der Waals surface area contributed by atoms with Crippen molar-refractivity contribution >= 4 is 23.1 Å². The predicted molar refractivity (Wildman–Crippen MR) is 104 cm³/mol. The first-order valence-electron chi connectivity index (χ1n) is 8.92. The van der Waals surface area contributed by atoms with E-state index in [-0.39, 0.29) is 5.78 Å². The lowest BCUT2D eigenvalue weighted by Gasteiger charge is -2.40. The molecule has 0 amide bonds. The fourth-order valence-electron chi connectivity index (χ4n) is 4.29. The molecule has 1 heterocycles. The Bertz CT molecular complexity index is 841. The van der Waals surface area contributed by atoms with Crippen LogP contribution in [0.15, 0.2) is 54.6 Å². The number of hydrogen-bond acceptors (Lipinski definition) is 2. The fourth-order valence-corrected chi connectivity index (χ4v) is 4.51. The Morgan fingerprint density at radius 3 is 2.68 bits per heavy atom. The van der Waals surface area contributed by atoms with Crippen molar-refractivity contribution in [3.05, 3.63) is 76.3 Å². The van der Waals surface area contributed by atoms with Crippen molar-refractivity contribution < 1.29 is 4.79 Å². The van der Waals surface area contributed by atoms with Crippen LogP contribution in [0.25, 0.3) is 0 Å². The summed E-state index contributed by atoms with van der Waals surface area (Å²) in [5.41, 5.74) is 3.49. The average Bonchev–Trinajstić information content (AvgIpc) is 3.10. The summed E-state index contributed by atoms with van der Waals surface area (Å²) >= 11 is 6.40. The Hall–Kier alpha value is -2.06. The van der Waals surface area contributed by atoms with Gasteiger partial charge in [-0.15, -0.1) is 0 Å². The highest BCUT2D eigenvalue weighted by molar-refractivity contribution is 6.31. The summed E-state index contributed by atoms with van der Waals surface area (Å²) in [5.74, 6) is 1.39. The zero-order valence-electron chi connectivity index (χ0n) is 14.5. The van der Waals surface area contributed by atoms with Crippen molar-refractivity contribution in [2.75, 3.05) is 5.32 Å². The highest BCUT2D eigenvalue weighted by Crippen LogP contribution is 2.48. The molecule has 0 aromatic heterocycles. The third kappa shape index (κ3) is 2.79. The molecule has 0 saturated heterocycles. The van der Waals surface area contributed by atoms with E-state index in [0.29, 0.717) is 39.9 Å². The summed E-state index contributed by atoms with van der Waals surface area (Å²) in [7, 11) is 0. The van der Waals surface area contributed by atoms with Crippen molar-refractivity contribution in [2.45, 2.75) is 32.2 Å². The molecular formula is C22H22ClNO. The summed E-state index contributed by atoms with van der Waals surface area (Å²) in [5, 5.41) is 4.32. The maximum Gasteiger partial charge on any atom is 0.195 e. The molecule has 0 unspecified atom stereocenters. The first-order valence-corrected chi connectivity index (χ1v) is 9.30. The van der Waals surface area contributed by atoms with Crippen molar-refractivity contribution in [2.24, 2.45) is 11.8 Å². The minimum atomic E-state index is 0.0229. The molecule has 3 heteroatoms. The Labute approximate surface area is 153 Å². The second kappa shape index (κ2) is 6.34. The molecule has 0 spiro atoms. The standard InChI is InChI=1S/C22H22ClNO/c1-13(2)20-17-10-6-9-16(17)18-11-15(23)12-19(21(18)24-20)22(25)14-7-4-3-5-8-14/h3-9,11-13,16-17,20,24H,10H2,1-2H3/t16-,17+,20-/m1/s1. The number of hydrogen-bond donors (Lipinski definition) is 1. The maximum atomic E-state index is 13.1. The molecule has 2 nitrogen and oxygen atoms in total. The maximum absolute atomic E-state index is 13.1. The number of carbonyl (C=O) groups is 1. The summed E-state index contributed by atoms with van der Waals surface area (Å²) < 4.78 is 0. The minimum absolute atomic E-state index is 0.0229. The van der Waals surface area contributed by atoms with E-state index in [4.69, 9.17) is 11.6 Å². The van der Waals surface area contributed by atoms with Gasteiger partial charge in [0.25, 0.3) is 0 Å². The largest absolute Gasteiger partial charge is 0.381 e. The lowest BCUT2D eigenvalue weighted by Crippen LogP contribution is -2.40. The lowest BCUT2D eigenvalue weighted by molar-refractivity contribution is 0.103. The first kappa shape index (κ1) is 16.4. The van der Waals surface area contributed by atoms with Crippen molar-refractivity contribution in [3.63, 3.8) is 0 Å². The molecule has 25 heavy (non-hydrogen) atoms. The molecular weight excluding hydrogens is 330 g/mol. The van der Waals surface area contributed by atoms with Crippen LogP contribution >= 0.6 is 11.6 Å². The normalized spacial score (nSPS) is 23.9. The smallest absolute Gasteiger partial charge is 0.195 e. The molecule has 0 saturated carbocycles. The summed E-state index contributed by atoms with van der Waals surface area (Å²) in [6, 6.07) is 13.6. The van der Waals surface area contributed by atoms with Gasteiger partial charge >= 0.3 is 0 Å². The number of benzene rings is 2. The van der Waals surface area contributed by atoms with Crippen LogP contribution in [0.2, 0.25) is 5.02 Å². The zero-order chi connectivity index (χ0) is 17.6. The second-order valence-corrected chi connectivity index (χ2v) is 7.82. The molecule has 0 bridgehead atoms. The number of fused-ring (bicyclic) bond motifs is 3. The molecule has 0 fully saturated rings. The van der Waals surface area contributed by atoms with Crippen LogP contribution in [0, 0.1) is 11.8 Å². The van der Waals surface area contributed by atoms with E-state index in [0.717, 1.165) is 17.7 Å². The van der Waals surface area contributed by atoms with Crippen LogP contribution < -0.4 is 5.32 Å². The second-order valence-electron chi connectivity index (χ2n) is 7.38. The number of nitrogens with one attached hydrogen (secondary N) is 1. The van der Waals surface area contributed by atoms with Gasteiger partial charge in [0.1, 0.15) is 0 Å². The van der Waals surface area contributed by atoms with Gasteiger partial charge in [-0.1, -0.05) is 67.9 Å². The molecule has 1 N–H and O–H groups in total. The fraction of sp³-hybridized carbons (Fsp3) is 0.318. The van der Waals surface area contributed by atoms with E-state index in [1.807, 2.05) is 36.4 Å². The third-order valence-electron chi connectivity index (χ3n) is 5.48. The summed E-state index contributed by atoms with van der Waals surface area (Å²) in [6.07, 6.45) is 5.63. The van der Waals surface area contributed by atoms with Gasteiger partial charge in [-0.05, 0) is 36.0 Å². The van der Waals surface area contributed by atoms with Crippen LogP contribution in [0.5, 0.6) is 0 Å². The number of rotatable bonds is 3. The predicted octanol–water partition coefficient (Wildman–Crippen LogP) is 5.68. The van der Waals surface area contributed by atoms with Gasteiger partial charge in [-0.2, -0.15) is 0 Å². The highest BCUT2D eigenvalue weighted by Gasteiger charge is 2.40. The van der Waals surface area contributed by atoms with Crippen LogP contribution in [0.3, 0.4) is 0 Å². The number of halogens is 1. The Morgan fingerprint density at radius 2 is 1.96 bits per heavy atom. The van der Waals surface area contributed by atoms with Gasteiger partial charge in [0.2, 0.25) is 0 Å². The van der Waals surface area contributed by atoms with E-state index in [2.05, 4.69) is 31.3 Å². The van der Waals surface area contributed by atoms with Crippen LogP contribution in [0.4, 0.5) is 5.69 Å². The molecule has 0 radical (unpaired) electrons. The summed E-state index contributed by atoms with van der Waals surface area (Å²) in [6.45, 7) is 4.49. The first-order chi connectivity index (χ1) is 12.1. The zero-order valence-corrected chi connectivity index (χ0v) is 15.3. The van der Waals surface area contributed by atoms with Crippen molar-refractivity contribution in [1.82, 2.24) is 0 Å². The molecule has 1 aliphatic carbocycles. The molecule has 2 aromatic carbocycles. The number of anilines is 1. The van der Waals surface area contributed by atoms with Gasteiger partial charge in [0, 0.05) is 33.8 Å². The van der Waals surface area contributed by atoms with Crippen LogP contribution in [0.1, 0.15) is 47.7 Å². The van der Waals surface area contributed by atoms with Gasteiger partial charge in [0.05, 0.1) is 0 Å². The van der Waals surface area contributed by atoms with Gasteiger partial charge in [-0.25, -0.2) is 0 Å². The molecule has 2 aliphatic rings. The molecule has 4 rings (SSSR count). The molecule has 2 aromatic rings. The molecule has 1 aliphatic heterocycles. The minimum Gasteiger partial charge on any atom is -0.381 e. The Kier molecular flexibility index (Phi) is 4.16. The number of ketones is 1. The highest BCUT2D eigenvalue weighted by atomic mass is 35.5. The Morgan fingerprint density at radius 1 is 1.20 bits per heavy atom. The van der Waals surface area contributed by atoms with Crippen molar-refractivity contribution in [1.29, 1.82) is 0 Å². The van der Waals surface area contributed by atoms with Crippen molar-refractivity contribution in [3.8, 4) is 0 Å². The number of allylic oxidation sites excluding steroid dienone is 2. The Balaban J connectivity index is 1.86. The van der Waals surface area contributed by atoms with E-state index < -0.39 is 0 Å². The van der Waals surface area contributed by atoms with E-state index >= 15 is 0 Å².